The summed E-state index contributed by atoms with van der Waals surface area (Å²) in [6.45, 7) is 16.0. The maximum atomic E-state index is 13.4. The predicted molar refractivity (Wildman–Crippen MR) is 292 cm³/mol. The van der Waals surface area contributed by atoms with Crippen molar-refractivity contribution in [2.45, 2.75) is 68.2 Å². The number of aromatic nitrogens is 6. The van der Waals surface area contributed by atoms with Crippen LogP contribution in [0.15, 0.2) is 121 Å². The number of allylic oxidation sites excluding steroid dienone is 2. The number of carbonyl (C=O) groups excluding carboxylic acids is 2. The number of aryl methyl sites for hydroxylation is 8. The summed E-state index contributed by atoms with van der Waals surface area (Å²) in [7, 11) is 0. The van der Waals surface area contributed by atoms with Crippen molar-refractivity contribution in [3.63, 3.8) is 0 Å². The highest BCUT2D eigenvalue weighted by molar-refractivity contribution is 5.83. The van der Waals surface area contributed by atoms with Crippen LogP contribution in [0.1, 0.15) is 57.3 Å². The Kier molecular flexibility index (Phi) is 15.6. The zero-order valence-electron chi connectivity index (χ0n) is 44.0. The first-order valence-electron chi connectivity index (χ1n) is 25.3. The maximum absolute atomic E-state index is 13.4. The van der Waals surface area contributed by atoms with Crippen molar-refractivity contribution in [2.75, 3.05) is 26.4 Å². The van der Waals surface area contributed by atoms with E-state index in [1.807, 2.05) is 116 Å². The molecule has 0 aliphatic heterocycles. The number of ether oxygens (including phenoxy) is 4. The SMILES string of the molecule is Cc1ccc(-c2nc(-c3ccc(C)cc3C)nc(-c3ccc(OCCOC(=O)C4CC=CCC4C(=O)OCCOc4ccc(-c5nc(-c6ccc(C)cc6C)nc(-c6ccc(C)cc6C)n5)c(O)c4)cc3O)n2)c(C)c1. The highest BCUT2D eigenvalue weighted by Gasteiger charge is 2.36. The fraction of sp³-hybridized carbons (Fsp3) is 0.258. The monoisotopic (exact) mass is 1020 g/mol. The molecule has 386 valence electrons. The third-order valence-corrected chi connectivity index (χ3v) is 13.4. The average Bonchev–Trinajstić information content (AvgIpc) is 3.39. The van der Waals surface area contributed by atoms with Gasteiger partial charge in [-0.2, -0.15) is 0 Å². The van der Waals surface area contributed by atoms with Gasteiger partial charge in [0, 0.05) is 34.4 Å². The van der Waals surface area contributed by atoms with Crippen LogP contribution in [0.2, 0.25) is 0 Å². The summed E-state index contributed by atoms with van der Waals surface area (Å²) in [5, 5.41) is 22.6. The third-order valence-electron chi connectivity index (χ3n) is 13.4. The lowest BCUT2D eigenvalue weighted by molar-refractivity contribution is -0.161. The first kappa shape index (κ1) is 52.1. The van der Waals surface area contributed by atoms with E-state index in [-0.39, 0.29) is 37.9 Å². The molecule has 2 atom stereocenters. The molecule has 2 heterocycles. The van der Waals surface area contributed by atoms with Crippen LogP contribution in [0.25, 0.3) is 68.3 Å². The lowest BCUT2D eigenvalue weighted by Gasteiger charge is -2.25. The molecule has 2 unspecified atom stereocenters. The van der Waals surface area contributed by atoms with Crippen molar-refractivity contribution < 1.29 is 38.7 Å². The lowest BCUT2D eigenvalue weighted by atomic mass is 9.83. The van der Waals surface area contributed by atoms with Crippen LogP contribution in [0.4, 0.5) is 0 Å². The van der Waals surface area contributed by atoms with Crippen LogP contribution in [0.3, 0.4) is 0 Å². The molecule has 1 aliphatic rings. The minimum atomic E-state index is -0.755. The number of phenolic OH excluding ortho intramolecular Hbond substituents is 2. The van der Waals surface area contributed by atoms with Gasteiger partial charge in [0.05, 0.1) is 23.0 Å². The summed E-state index contributed by atoms with van der Waals surface area (Å²) in [6, 6.07) is 34.0. The molecule has 0 fully saturated rings. The summed E-state index contributed by atoms with van der Waals surface area (Å²) in [5.74, 6) is 0.443. The molecule has 14 nitrogen and oxygen atoms in total. The fourth-order valence-corrected chi connectivity index (χ4v) is 9.47. The standard InChI is InChI=1S/C62H60N6O8/c1-35-13-19-45(39(5)29-35)55-63-56(46-20-14-36(2)30-40(46)6)66-59(65-55)51-23-17-43(33-53(51)69)73-25-27-75-61(71)49-11-9-10-12-50(49)62(72)76-28-26-74-44-18-24-52(54(70)34-44)60-67-57(47-21-15-37(3)31-41(47)7)64-58(68-60)48-22-16-38(4)32-42(48)8/h9-10,13-24,29-34,49-50,69-70H,11-12,25-28H2,1-8H3. The zero-order chi connectivity index (χ0) is 53.6. The number of hydrogen-bond donors (Lipinski definition) is 2. The molecule has 6 aromatic carbocycles. The van der Waals surface area contributed by atoms with E-state index in [4.69, 9.17) is 48.9 Å². The number of benzene rings is 6. The second-order valence-electron chi connectivity index (χ2n) is 19.4. The number of phenols is 2. The molecule has 0 bridgehead atoms. The smallest absolute Gasteiger partial charge is 0.310 e. The predicted octanol–water partition coefficient (Wildman–Crippen LogP) is 12.1. The van der Waals surface area contributed by atoms with Crippen LogP contribution in [-0.2, 0) is 19.1 Å². The van der Waals surface area contributed by atoms with Gasteiger partial charge in [-0.05, 0) is 115 Å². The van der Waals surface area contributed by atoms with Crippen molar-refractivity contribution >= 4 is 11.9 Å². The Labute approximate surface area is 442 Å². The normalized spacial score (nSPS) is 14.1. The Morgan fingerprint density at radius 3 is 0.947 bits per heavy atom. The molecule has 8 aromatic rings. The van der Waals surface area contributed by atoms with Crippen LogP contribution >= 0.6 is 0 Å². The van der Waals surface area contributed by atoms with Gasteiger partial charge in [-0.1, -0.05) is 107 Å². The lowest BCUT2D eigenvalue weighted by Crippen LogP contribution is -2.34. The summed E-state index contributed by atoms with van der Waals surface area (Å²) >= 11 is 0. The van der Waals surface area contributed by atoms with Gasteiger partial charge < -0.3 is 29.2 Å². The Bertz CT molecular complexity index is 3170. The number of hydrogen-bond acceptors (Lipinski definition) is 14. The largest absolute Gasteiger partial charge is 0.507 e. The van der Waals surface area contributed by atoms with Crippen LogP contribution in [0, 0.1) is 67.2 Å². The molecule has 0 spiro atoms. The fourth-order valence-electron chi connectivity index (χ4n) is 9.47. The van der Waals surface area contributed by atoms with Gasteiger partial charge in [0.15, 0.2) is 34.9 Å². The van der Waals surface area contributed by atoms with E-state index in [2.05, 4.69) is 24.3 Å². The summed E-state index contributed by atoms with van der Waals surface area (Å²) in [5.41, 5.74) is 12.8. The van der Waals surface area contributed by atoms with Crippen molar-refractivity contribution in [1.29, 1.82) is 0 Å². The minimum absolute atomic E-state index is 0.00651. The topological polar surface area (TPSA) is 189 Å². The first-order valence-corrected chi connectivity index (χ1v) is 25.3. The second-order valence-corrected chi connectivity index (χ2v) is 19.4. The van der Waals surface area contributed by atoms with Crippen LogP contribution in [-0.4, -0.2) is 78.5 Å². The molecule has 2 aromatic heterocycles. The molecular weight excluding hydrogens is 957 g/mol. The quantitative estimate of drug-likeness (QED) is 0.0528. The van der Waals surface area contributed by atoms with Crippen molar-refractivity contribution in [3.8, 4) is 91.3 Å². The second kappa shape index (κ2) is 22.8. The molecule has 9 rings (SSSR count). The summed E-state index contributed by atoms with van der Waals surface area (Å²) in [6.07, 6.45) is 4.32. The highest BCUT2D eigenvalue weighted by atomic mass is 16.6. The average molecular weight is 1020 g/mol. The Balaban J connectivity index is 0.792. The number of aromatic hydroxyl groups is 2. The maximum Gasteiger partial charge on any atom is 0.310 e. The molecule has 1 aliphatic carbocycles. The van der Waals surface area contributed by atoms with Crippen LogP contribution in [0.5, 0.6) is 23.0 Å². The number of rotatable bonds is 16. The molecular formula is C62H60N6O8. The van der Waals surface area contributed by atoms with E-state index >= 15 is 0 Å². The Morgan fingerprint density at radius 2 is 0.671 bits per heavy atom. The van der Waals surface area contributed by atoms with Crippen LogP contribution < -0.4 is 9.47 Å². The van der Waals surface area contributed by atoms with E-state index in [0.717, 1.165) is 66.8 Å². The van der Waals surface area contributed by atoms with Gasteiger partial charge in [-0.15, -0.1) is 0 Å². The van der Waals surface area contributed by atoms with E-state index < -0.39 is 23.8 Å². The molecule has 76 heavy (non-hydrogen) atoms. The van der Waals surface area contributed by atoms with E-state index in [1.54, 1.807) is 24.3 Å². The summed E-state index contributed by atoms with van der Waals surface area (Å²) in [4.78, 5) is 55.8. The van der Waals surface area contributed by atoms with Gasteiger partial charge in [-0.3, -0.25) is 9.59 Å². The Hall–Kier alpha value is -8.78. The van der Waals surface area contributed by atoms with E-state index in [0.29, 0.717) is 70.4 Å². The number of carbonyl (C=O) groups is 2. The van der Waals surface area contributed by atoms with Gasteiger partial charge in [0.2, 0.25) is 0 Å². The first-order chi connectivity index (χ1) is 36.6. The molecule has 0 saturated carbocycles. The molecule has 0 amide bonds. The van der Waals surface area contributed by atoms with E-state index in [9.17, 15) is 19.8 Å². The van der Waals surface area contributed by atoms with Crippen molar-refractivity contribution in [3.05, 3.63) is 166 Å². The number of esters is 2. The van der Waals surface area contributed by atoms with Crippen molar-refractivity contribution in [1.82, 2.24) is 29.9 Å². The molecule has 14 heteroatoms. The van der Waals surface area contributed by atoms with Gasteiger partial charge in [0.25, 0.3) is 0 Å². The molecule has 0 radical (unpaired) electrons. The van der Waals surface area contributed by atoms with Crippen molar-refractivity contribution in [2.24, 2.45) is 11.8 Å². The van der Waals surface area contributed by atoms with E-state index in [1.165, 1.54) is 12.1 Å². The zero-order valence-corrected chi connectivity index (χ0v) is 44.0. The molecule has 2 N–H and O–H groups in total. The highest BCUT2D eigenvalue weighted by Crippen LogP contribution is 2.37. The minimum Gasteiger partial charge on any atom is -0.507 e. The third kappa shape index (κ3) is 11.9. The molecule has 0 saturated heterocycles. The Morgan fingerprint density at radius 1 is 0.395 bits per heavy atom. The summed E-state index contributed by atoms with van der Waals surface area (Å²) < 4.78 is 23.0. The van der Waals surface area contributed by atoms with Gasteiger partial charge in [-0.25, -0.2) is 29.9 Å². The van der Waals surface area contributed by atoms with Gasteiger partial charge >= 0.3 is 11.9 Å². The van der Waals surface area contributed by atoms with Gasteiger partial charge in [0.1, 0.15) is 49.4 Å². The number of nitrogens with zero attached hydrogens (tertiary/aromatic N) is 6.